The van der Waals surface area contributed by atoms with Crippen molar-refractivity contribution in [3.05, 3.63) is 29.3 Å². The number of methoxy groups -OCH3 is 1. The average molecular weight is 295 g/mol. The molecule has 0 amide bonds. The molecule has 2 rings (SSSR count). The number of benzene rings is 1. The summed E-state index contributed by atoms with van der Waals surface area (Å²) in [4.78, 5) is 0. The maximum atomic E-state index is 9.57. The van der Waals surface area contributed by atoms with Crippen LogP contribution in [-0.2, 0) is 12.3 Å². The monoisotopic (exact) mass is 295 g/mol. The van der Waals surface area contributed by atoms with Crippen molar-refractivity contribution >= 4 is 11.8 Å². The van der Waals surface area contributed by atoms with Crippen molar-refractivity contribution in [3.8, 4) is 5.75 Å². The number of nitrogens with one attached hydrogen (secondary N) is 1. The van der Waals surface area contributed by atoms with E-state index in [1.807, 2.05) is 13.0 Å². The molecule has 1 aliphatic carbocycles. The van der Waals surface area contributed by atoms with E-state index in [-0.39, 0.29) is 11.4 Å². The largest absolute Gasteiger partial charge is 0.496 e. The first-order valence-corrected chi connectivity index (χ1v) is 8.34. The van der Waals surface area contributed by atoms with Gasteiger partial charge in [-0.1, -0.05) is 13.0 Å². The van der Waals surface area contributed by atoms with Crippen LogP contribution >= 0.6 is 11.8 Å². The van der Waals surface area contributed by atoms with Crippen molar-refractivity contribution < 1.29 is 9.84 Å². The van der Waals surface area contributed by atoms with E-state index in [4.69, 9.17) is 4.74 Å². The highest BCUT2D eigenvalue weighted by Gasteiger charge is 2.20. The second-order valence-electron chi connectivity index (χ2n) is 5.56. The molecule has 1 aromatic carbocycles. The van der Waals surface area contributed by atoms with Gasteiger partial charge in [0, 0.05) is 29.2 Å². The second-order valence-corrected chi connectivity index (χ2v) is 6.92. The zero-order chi connectivity index (χ0) is 14.5. The van der Waals surface area contributed by atoms with E-state index in [1.54, 1.807) is 18.9 Å². The summed E-state index contributed by atoms with van der Waals surface area (Å²) in [5, 5.41) is 13.3. The van der Waals surface area contributed by atoms with Crippen molar-refractivity contribution in [1.82, 2.24) is 5.32 Å². The summed E-state index contributed by atoms with van der Waals surface area (Å²) < 4.78 is 5.43. The standard InChI is InChI=1S/C16H25NO2S/c1-11(18)12(2)20-10-14-8-13(4-7-16(14)19-3)9-17-15-5-6-15/h4,7-8,11-12,15,17-18H,5-6,9-10H2,1-3H3. The lowest BCUT2D eigenvalue weighted by atomic mass is 10.1. The third-order valence-corrected chi connectivity index (χ3v) is 5.10. The van der Waals surface area contributed by atoms with E-state index in [2.05, 4.69) is 24.4 Å². The Bertz CT molecular complexity index is 432. The van der Waals surface area contributed by atoms with Crippen molar-refractivity contribution in [2.75, 3.05) is 7.11 Å². The Morgan fingerprint density at radius 3 is 2.75 bits per heavy atom. The summed E-state index contributed by atoms with van der Waals surface area (Å²) in [5.41, 5.74) is 2.51. The maximum Gasteiger partial charge on any atom is 0.122 e. The Morgan fingerprint density at radius 1 is 1.40 bits per heavy atom. The van der Waals surface area contributed by atoms with Crippen LogP contribution in [0.5, 0.6) is 5.75 Å². The maximum absolute atomic E-state index is 9.57. The van der Waals surface area contributed by atoms with E-state index < -0.39 is 0 Å². The lowest BCUT2D eigenvalue weighted by Crippen LogP contribution is -2.16. The Morgan fingerprint density at radius 2 is 2.15 bits per heavy atom. The summed E-state index contributed by atoms with van der Waals surface area (Å²) in [6.45, 7) is 4.82. The van der Waals surface area contributed by atoms with E-state index >= 15 is 0 Å². The molecule has 0 radical (unpaired) electrons. The molecule has 112 valence electrons. The van der Waals surface area contributed by atoms with Crippen LogP contribution in [-0.4, -0.2) is 29.6 Å². The van der Waals surface area contributed by atoms with Gasteiger partial charge in [-0.25, -0.2) is 0 Å². The fourth-order valence-corrected chi connectivity index (χ4v) is 2.91. The second kappa shape index (κ2) is 7.34. The van der Waals surface area contributed by atoms with Gasteiger partial charge in [-0.15, -0.1) is 0 Å². The van der Waals surface area contributed by atoms with E-state index in [0.29, 0.717) is 0 Å². The number of rotatable bonds is 8. The minimum Gasteiger partial charge on any atom is -0.496 e. The fraction of sp³-hybridized carbons (Fsp3) is 0.625. The van der Waals surface area contributed by atoms with Crippen LogP contribution in [0.1, 0.15) is 37.8 Å². The van der Waals surface area contributed by atoms with Crippen LogP contribution in [0.4, 0.5) is 0 Å². The molecule has 0 heterocycles. The lowest BCUT2D eigenvalue weighted by molar-refractivity contribution is 0.196. The van der Waals surface area contributed by atoms with Crippen LogP contribution in [0.2, 0.25) is 0 Å². The van der Waals surface area contributed by atoms with E-state index in [9.17, 15) is 5.11 Å². The van der Waals surface area contributed by atoms with Crippen LogP contribution in [0.3, 0.4) is 0 Å². The number of aliphatic hydroxyl groups excluding tert-OH is 1. The molecule has 0 bridgehead atoms. The topological polar surface area (TPSA) is 41.5 Å². The summed E-state index contributed by atoms with van der Waals surface area (Å²) in [6.07, 6.45) is 2.33. The van der Waals surface area contributed by atoms with Gasteiger partial charge in [0.1, 0.15) is 5.75 Å². The molecular weight excluding hydrogens is 270 g/mol. The molecule has 0 aliphatic heterocycles. The quantitative estimate of drug-likeness (QED) is 0.774. The number of hydrogen-bond donors (Lipinski definition) is 2. The Kier molecular flexibility index (Phi) is 5.75. The molecule has 1 aliphatic rings. The van der Waals surface area contributed by atoms with Crippen LogP contribution in [0, 0.1) is 0 Å². The lowest BCUT2D eigenvalue weighted by Gasteiger charge is -2.16. The molecular formula is C16H25NO2S. The van der Waals surface area contributed by atoms with Crippen LogP contribution in [0.25, 0.3) is 0 Å². The smallest absolute Gasteiger partial charge is 0.122 e. The molecule has 3 nitrogen and oxygen atoms in total. The molecule has 1 saturated carbocycles. The highest BCUT2D eigenvalue weighted by molar-refractivity contribution is 7.99. The predicted octanol–water partition coefficient (Wildman–Crippen LogP) is 2.95. The summed E-state index contributed by atoms with van der Waals surface area (Å²) >= 11 is 1.76. The van der Waals surface area contributed by atoms with E-state index in [1.165, 1.54) is 24.0 Å². The highest BCUT2D eigenvalue weighted by Crippen LogP contribution is 2.28. The Balaban J connectivity index is 1.97. The number of ether oxygens (including phenoxy) is 1. The molecule has 1 aromatic rings. The first-order valence-electron chi connectivity index (χ1n) is 7.29. The average Bonchev–Trinajstić information content (AvgIpc) is 3.26. The molecule has 0 saturated heterocycles. The number of aliphatic hydroxyl groups is 1. The molecule has 2 N–H and O–H groups in total. The van der Waals surface area contributed by atoms with Gasteiger partial charge in [0.15, 0.2) is 0 Å². The first-order chi connectivity index (χ1) is 9.60. The van der Waals surface area contributed by atoms with Gasteiger partial charge in [0.25, 0.3) is 0 Å². The molecule has 0 aromatic heterocycles. The zero-order valence-corrected chi connectivity index (χ0v) is 13.4. The Hall–Kier alpha value is -0.710. The summed E-state index contributed by atoms with van der Waals surface area (Å²) in [7, 11) is 1.71. The SMILES string of the molecule is COc1ccc(CNC2CC2)cc1CSC(C)C(C)O. The molecule has 2 unspecified atom stereocenters. The minimum atomic E-state index is -0.286. The third-order valence-electron chi connectivity index (χ3n) is 3.70. The Labute approximate surface area is 126 Å². The van der Waals surface area contributed by atoms with Gasteiger partial charge in [-0.3, -0.25) is 0 Å². The van der Waals surface area contributed by atoms with Crippen molar-refractivity contribution in [3.63, 3.8) is 0 Å². The first kappa shape index (κ1) is 15.7. The number of hydrogen-bond acceptors (Lipinski definition) is 4. The van der Waals surface area contributed by atoms with Crippen molar-refractivity contribution in [2.45, 2.75) is 56.4 Å². The van der Waals surface area contributed by atoms with Gasteiger partial charge in [-0.2, -0.15) is 11.8 Å². The highest BCUT2D eigenvalue weighted by atomic mass is 32.2. The van der Waals surface area contributed by atoms with Gasteiger partial charge >= 0.3 is 0 Å². The van der Waals surface area contributed by atoms with Gasteiger partial charge in [-0.05, 0) is 37.5 Å². The summed E-state index contributed by atoms with van der Waals surface area (Å²) in [6, 6.07) is 7.12. The zero-order valence-electron chi connectivity index (χ0n) is 12.6. The van der Waals surface area contributed by atoms with Gasteiger partial charge in [0.2, 0.25) is 0 Å². The predicted molar refractivity (Wildman–Crippen MR) is 85.3 cm³/mol. The van der Waals surface area contributed by atoms with Crippen molar-refractivity contribution in [2.24, 2.45) is 0 Å². The normalized spacial score (nSPS) is 17.8. The van der Waals surface area contributed by atoms with Gasteiger partial charge in [0.05, 0.1) is 13.2 Å². The van der Waals surface area contributed by atoms with E-state index in [0.717, 1.165) is 24.1 Å². The molecule has 2 atom stereocenters. The molecule has 4 heteroatoms. The van der Waals surface area contributed by atoms with Crippen LogP contribution in [0.15, 0.2) is 18.2 Å². The van der Waals surface area contributed by atoms with Crippen molar-refractivity contribution in [1.29, 1.82) is 0 Å². The van der Waals surface area contributed by atoms with Gasteiger partial charge < -0.3 is 15.2 Å². The van der Waals surface area contributed by atoms with Crippen LogP contribution < -0.4 is 10.1 Å². The molecule has 20 heavy (non-hydrogen) atoms. The minimum absolute atomic E-state index is 0.230. The summed E-state index contributed by atoms with van der Waals surface area (Å²) in [5.74, 6) is 1.80. The fourth-order valence-electron chi connectivity index (χ4n) is 1.96. The third kappa shape index (κ3) is 4.69. The molecule has 0 spiro atoms. The number of thioether (sulfide) groups is 1. The molecule has 1 fully saturated rings.